The van der Waals surface area contributed by atoms with Gasteiger partial charge in [0.05, 0.1) is 0 Å². The number of para-hydroxylation sites is 1. The van der Waals surface area contributed by atoms with Crippen molar-refractivity contribution in [2.45, 2.75) is 19.8 Å². The minimum atomic E-state index is -1.52. The number of carbonyl (C=O) groups is 2. The van der Waals surface area contributed by atoms with E-state index in [0.29, 0.717) is 17.7 Å². The number of hydrogen-bond donors (Lipinski definition) is 1. The lowest BCUT2D eigenvalue weighted by Crippen LogP contribution is -2.32. The topological polar surface area (TPSA) is 57.6 Å². The molecular weight excluding hydrogens is 347 g/mol. The average Bonchev–Trinajstić information content (AvgIpc) is 2.60. The van der Waals surface area contributed by atoms with Crippen LogP contribution in [0.5, 0.6) is 0 Å². The highest BCUT2D eigenvalue weighted by molar-refractivity contribution is 6.00. The maximum Gasteiger partial charge on any atom is 0.323 e. The molecule has 0 bridgehead atoms. The number of carboxylic acids is 1. The van der Waals surface area contributed by atoms with E-state index in [4.69, 9.17) is 5.11 Å². The molecule has 0 spiro atoms. The fourth-order valence-corrected chi connectivity index (χ4v) is 2.71. The maximum atomic E-state index is 13.7. The first kappa shape index (κ1) is 19.5. The molecular formula is C19H18F3NO3. The van der Waals surface area contributed by atoms with Crippen LogP contribution in [0.15, 0.2) is 36.4 Å². The summed E-state index contributed by atoms with van der Waals surface area (Å²) in [6.07, 6.45) is 0.392. The van der Waals surface area contributed by atoms with Crippen LogP contribution in [0.2, 0.25) is 0 Å². The molecule has 26 heavy (non-hydrogen) atoms. The average molecular weight is 365 g/mol. The zero-order valence-electron chi connectivity index (χ0n) is 14.1. The van der Waals surface area contributed by atoms with Gasteiger partial charge in [0.2, 0.25) is 0 Å². The molecule has 4 nitrogen and oxygen atoms in total. The molecule has 0 amide bonds. The molecule has 0 heterocycles. The van der Waals surface area contributed by atoms with E-state index in [2.05, 4.69) is 0 Å². The number of nitrogens with zero attached hydrogens (tertiary/aromatic N) is 1. The number of anilines is 1. The number of ketones is 1. The van der Waals surface area contributed by atoms with Gasteiger partial charge in [-0.1, -0.05) is 18.2 Å². The van der Waals surface area contributed by atoms with Crippen LogP contribution in [0, 0.1) is 17.5 Å². The summed E-state index contributed by atoms with van der Waals surface area (Å²) in [7, 11) is 0. The minimum absolute atomic E-state index is 0.0130. The molecule has 138 valence electrons. The number of aliphatic carboxylic acids is 1. The number of halogens is 3. The Kier molecular flexibility index (Phi) is 6.38. The number of aryl methyl sites for hydroxylation is 1. The highest BCUT2D eigenvalue weighted by Crippen LogP contribution is 2.22. The van der Waals surface area contributed by atoms with Crippen LogP contribution < -0.4 is 4.90 Å². The monoisotopic (exact) mass is 365 g/mol. The van der Waals surface area contributed by atoms with E-state index < -0.39 is 23.4 Å². The van der Waals surface area contributed by atoms with Crippen LogP contribution >= 0.6 is 0 Å². The van der Waals surface area contributed by atoms with Crippen molar-refractivity contribution in [2.24, 2.45) is 0 Å². The normalized spacial score (nSPS) is 10.6. The van der Waals surface area contributed by atoms with Crippen LogP contribution in [-0.4, -0.2) is 29.9 Å². The van der Waals surface area contributed by atoms with Crippen molar-refractivity contribution in [3.8, 4) is 0 Å². The zero-order chi connectivity index (χ0) is 19.3. The van der Waals surface area contributed by atoms with Crippen molar-refractivity contribution in [3.63, 3.8) is 0 Å². The summed E-state index contributed by atoms with van der Waals surface area (Å²) >= 11 is 0. The van der Waals surface area contributed by atoms with E-state index in [-0.39, 0.29) is 30.9 Å². The highest BCUT2D eigenvalue weighted by Gasteiger charge is 2.17. The van der Waals surface area contributed by atoms with Gasteiger partial charge in [0, 0.05) is 17.8 Å². The third kappa shape index (κ3) is 4.62. The van der Waals surface area contributed by atoms with E-state index in [1.54, 1.807) is 24.3 Å². The smallest absolute Gasteiger partial charge is 0.323 e. The summed E-state index contributed by atoms with van der Waals surface area (Å²) in [6.45, 7) is 1.24. The van der Waals surface area contributed by atoms with Crippen molar-refractivity contribution in [2.75, 3.05) is 18.0 Å². The van der Waals surface area contributed by atoms with E-state index in [1.807, 2.05) is 0 Å². The SMILES string of the molecule is CC(=O)c1ccccc1N(CCCc1ccc(F)c(F)c1F)CC(=O)O. The Bertz CT molecular complexity index is 824. The second-order valence-electron chi connectivity index (χ2n) is 5.83. The summed E-state index contributed by atoms with van der Waals surface area (Å²) in [4.78, 5) is 24.4. The molecule has 0 aromatic heterocycles. The number of rotatable bonds is 8. The lowest BCUT2D eigenvalue weighted by Gasteiger charge is -2.25. The van der Waals surface area contributed by atoms with Gasteiger partial charge < -0.3 is 10.0 Å². The Morgan fingerprint density at radius 1 is 1.04 bits per heavy atom. The Balaban J connectivity index is 2.16. The maximum absolute atomic E-state index is 13.7. The Morgan fingerprint density at radius 3 is 2.38 bits per heavy atom. The third-order valence-corrected chi connectivity index (χ3v) is 3.94. The van der Waals surface area contributed by atoms with Crippen molar-refractivity contribution < 1.29 is 27.9 Å². The number of hydrogen-bond acceptors (Lipinski definition) is 3. The van der Waals surface area contributed by atoms with Gasteiger partial charge in [-0.15, -0.1) is 0 Å². The number of Topliss-reactive ketones (excluding diaryl/α,β-unsaturated/α-hetero) is 1. The summed E-state index contributed by atoms with van der Waals surface area (Å²) < 4.78 is 40.0. The molecule has 0 radical (unpaired) electrons. The summed E-state index contributed by atoms with van der Waals surface area (Å²) in [5.74, 6) is -5.30. The van der Waals surface area contributed by atoms with Crippen LogP contribution in [0.4, 0.5) is 18.9 Å². The van der Waals surface area contributed by atoms with E-state index in [0.717, 1.165) is 6.07 Å². The Morgan fingerprint density at radius 2 is 1.73 bits per heavy atom. The first-order chi connectivity index (χ1) is 12.3. The molecule has 0 saturated heterocycles. The predicted molar refractivity (Wildman–Crippen MR) is 90.9 cm³/mol. The van der Waals surface area contributed by atoms with Crippen LogP contribution in [-0.2, 0) is 11.2 Å². The molecule has 2 aromatic rings. The largest absolute Gasteiger partial charge is 0.480 e. The quantitative estimate of drug-likeness (QED) is 0.571. The fourth-order valence-electron chi connectivity index (χ4n) is 2.71. The second-order valence-corrected chi connectivity index (χ2v) is 5.83. The molecule has 2 aromatic carbocycles. The molecule has 0 atom stereocenters. The van der Waals surface area contributed by atoms with Crippen LogP contribution in [0.1, 0.15) is 29.3 Å². The molecule has 0 aliphatic carbocycles. The van der Waals surface area contributed by atoms with Crippen molar-refractivity contribution in [1.29, 1.82) is 0 Å². The zero-order valence-corrected chi connectivity index (χ0v) is 14.1. The van der Waals surface area contributed by atoms with Gasteiger partial charge in [-0.25, -0.2) is 13.2 Å². The molecule has 0 fully saturated rings. The fraction of sp³-hybridized carbons (Fsp3) is 0.263. The lowest BCUT2D eigenvalue weighted by molar-refractivity contribution is -0.135. The highest BCUT2D eigenvalue weighted by atomic mass is 19.2. The Labute approximate surface area is 148 Å². The predicted octanol–water partition coefficient (Wildman–Crippen LogP) is 3.83. The summed E-state index contributed by atoms with van der Waals surface area (Å²) in [5.41, 5.74) is 0.861. The van der Waals surface area contributed by atoms with Crippen LogP contribution in [0.3, 0.4) is 0 Å². The van der Waals surface area contributed by atoms with Gasteiger partial charge in [0.15, 0.2) is 23.2 Å². The van der Waals surface area contributed by atoms with E-state index >= 15 is 0 Å². The molecule has 2 rings (SSSR count). The number of benzene rings is 2. The van der Waals surface area contributed by atoms with Crippen molar-refractivity contribution in [3.05, 3.63) is 65.0 Å². The molecule has 1 N–H and O–H groups in total. The van der Waals surface area contributed by atoms with Gasteiger partial charge in [0.25, 0.3) is 0 Å². The second kappa shape index (κ2) is 8.51. The number of carboxylic acid groups (broad SMARTS) is 1. The van der Waals surface area contributed by atoms with Gasteiger partial charge in [0.1, 0.15) is 6.54 Å². The standard InChI is InChI=1S/C19H18F3NO3/c1-12(24)14-6-2-3-7-16(14)23(11-17(25)26)10-4-5-13-8-9-15(20)19(22)18(13)21/h2-3,6-9H,4-5,10-11H2,1H3,(H,25,26). The lowest BCUT2D eigenvalue weighted by atomic mass is 10.1. The molecule has 0 aliphatic heterocycles. The summed E-state index contributed by atoms with van der Waals surface area (Å²) in [5, 5.41) is 9.12. The minimum Gasteiger partial charge on any atom is -0.480 e. The van der Waals surface area contributed by atoms with E-state index in [1.165, 1.54) is 17.9 Å². The third-order valence-electron chi connectivity index (χ3n) is 3.94. The van der Waals surface area contributed by atoms with Gasteiger partial charge in [-0.2, -0.15) is 0 Å². The first-order valence-electron chi connectivity index (χ1n) is 8.00. The van der Waals surface area contributed by atoms with Crippen molar-refractivity contribution in [1.82, 2.24) is 0 Å². The molecule has 0 aliphatic rings. The molecule has 7 heteroatoms. The van der Waals surface area contributed by atoms with E-state index in [9.17, 15) is 22.8 Å². The van der Waals surface area contributed by atoms with Gasteiger partial charge >= 0.3 is 5.97 Å². The molecule has 0 saturated carbocycles. The number of carbonyl (C=O) groups excluding carboxylic acids is 1. The molecule has 0 unspecified atom stereocenters. The Hall–Kier alpha value is -2.83. The van der Waals surface area contributed by atoms with Gasteiger partial charge in [-0.05, 0) is 43.5 Å². The first-order valence-corrected chi connectivity index (χ1v) is 8.00. The summed E-state index contributed by atoms with van der Waals surface area (Å²) in [6, 6.07) is 8.62. The van der Waals surface area contributed by atoms with Crippen LogP contribution in [0.25, 0.3) is 0 Å². The van der Waals surface area contributed by atoms with Gasteiger partial charge in [-0.3, -0.25) is 9.59 Å². The van der Waals surface area contributed by atoms with Crippen molar-refractivity contribution >= 4 is 17.4 Å².